The Hall–Kier alpha value is -2.37. The fourth-order valence-corrected chi connectivity index (χ4v) is 1.23. The van der Waals surface area contributed by atoms with Gasteiger partial charge in [-0.3, -0.25) is 9.59 Å². The molecule has 0 bridgehead atoms. The van der Waals surface area contributed by atoms with E-state index in [-0.39, 0.29) is 24.3 Å². The maximum Gasteiger partial charge on any atom is 0.335 e. The first-order valence-corrected chi connectivity index (χ1v) is 5.31. The number of nitrogens with one attached hydrogen (secondary N) is 1. The molecule has 0 saturated heterocycles. The Labute approximate surface area is 104 Å². The molecular formula is C12H13NO5. The second-order valence-electron chi connectivity index (χ2n) is 3.37. The lowest BCUT2D eigenvalue weighted by Crippen LogP contribution is -2.30. The van der Waals surface area contributed by atoms with Crippen molar-refractivity contribution in [1.29, 1.82) is 0 Å². The van der Waals surface area contributed by atoms with E-state index in [1.165, 1.54) is 24.3 Å². The van der Waals surface area contributed by atoms with E-state index < -0.39 is 17.8 Å². The van der Waals surface area contributed by atoms with Gasteiger partial charge in [-0.05, 0) is 31.2 Å². The van der Waals surface area contributed by atoms with Crippen LogP contribution in [0, 0.1) is 0 Å². The summed E-state index contributed by atoms with van der Waals surface area (Å²) in [6.45, 7) is 1.71. The lowest BCUT2D eigenvalue weighted by Gasteiger charge is -2.05. The summed E-state index contributed by atoms with van der Waals surface area (Å²) in [4.78, 5) is 33.2. The summed E-state index contributed by atoms with van der Waals surface area (Å²) < 4.78 is 4.65. The highest BCUT2D eigenvalue weighted by Gasteiger charge is 2.09. The fourth-order valence-electron chi connectivity index (χ4n) is 1.23. The van der Waals surface area contributed by atoms with Gasteiger partial charge in [0.15, 0.2) is 0 Å². The minimum absolute atomic E-state index is 0.0944. The number of ether oxygens (including phenoxy) is 1. The van der Waals surface area contributed by atoms with E-state index in [2.05, 4.69) is 10.1 Å². The Bertz CT molecular complexity index is 452. The highest BCUT2D eigenvalue weighted by atomic mass is 16.5. The maximum absolute atomic E-state index is 11.6. The number of rotatable bonds is 5. The second-order valence-corrected chi connectivity index (χ2v) is 3.37. The first-order valence-electron chi connectivity index (χ1n) is 5.31. The molecule has 0 atom stereocenters. The molecule has 2 N–H and O–H groups in total. The minimum atomic E-state index is -1.06. The smallest absolute Gasteiger partial charge is 0.335 e. The fraction of sp³-hybridized carbons (Fsp3) is 0.250. The van der Waals surface area contributed by atoms with Crippen molar-refractivity contribution in [2.45, 2.75) is 6.92 Å². The van der Waals surface area contributed by atoms with Crippen molar-refractivity contribution in [3.63, 3.8) is 0 Å². The number of benzene rings is 1. The third kappa shape index (κ3) is 3.89. The molecule has 1 aromatic rings. The Balaban J connectivity index is 2.56. The zero-order valence-electron chi connectivity index (χ0n) is 9.80. The van der Waals surface area contributed by atoms with Crippen LogP contribution in [0.5, 0.6) is 0 Å². The molecular weight excluding hydrogens is 238 g/mol. The summed E-state index contributed by atoms with van der Waals surface area (Å²) in [6.07, 6.45) is 0. The van der Waals surface area contributed by atoms with Crippen molar-refractivity contribution in [3.8, 4) is 0 Å². The van der Waals surface area contributed by atoms with Gasteiger partial charge < -0.3 is 15.2 Å². The van der Waals surface area contributed by atoms with E-state index in [1.54, 1.807) is 6.92 Å². The van der Waals surface area contributed by atoms with Crippen molar-refractivity contribution in [1.82, 2.24) is 5.32 Å². The predicted molar refractivity (Wildman–Crippen MR) is 62.4 cm³/mol. The number of hydrogen-bond donors (Lipinski definition) is 2. The largest absolute Gasteiger partial charge is 0.478 e. The molecule has 0 fully saturated rings. The SMILES string of the molecule is CCOC(=O)CNC(=O)c1ccc(C(=O)O)cc1. The van der Waals surface area contributed by atoms with Gasteiger partial charge in [-0.2, -0.15) is 0 Å². The number of hydrogen-bond acceptors (Lipinski definition) is 4. The normalized spacial score (nSPS) is 9.61. The summed E-state index contributed by atoms with van der Waals surface area (Å²) in [6, 6.07) is 5.40. The third-order valence-corrected chi connectivity index (χ3v) is 2.09. The average molecular weight is 251 g/mol. The van der Waals surface area contributed by atoms with Crippen LogP contribution < -0.4 is 5.32 Å². The molecule has 6 nitrogen and oxygen atoms in total. The van der Waals surface area contributed by atoms with Crippen molar-refractivity contribution < 1.29 is 24.2 Å². The van der Waals surface area contributed by atoms with Crippen LogP contribution in [-0.2, 0) is 9.53 Å². The van der Waals surface area contributed by atoms with Crippen LogP contribution in [0.25, 0.3) is 0 Å². The Morgan fingerprint density at radius 2 is 1.72 bits per heavy atom. The molecule has 0 heterocycles. The van der Waals surface area contributed by atoms with E-state index in [4.69, 9.17) is 5.11 Å². The molecule has 18 heavy (non-hydrogen) atoms. The van der Waals surface area contributed by atoms with Gasteiger partial charge >= 0.3 is 11.9 Å². The van der Waals surface area contributed by atoms with Gasteiger partial charge in [0, 0.05) is 5.56 Å². The number of carboxylic acids is 1. The standard InChI is InChI=1S/C12H13NO5/c1-2-18-10(14)7-13-11(15)8-3-5-9(6-4-8)12(16)17/h3-6H,2,7H2,1H3,(H,13,15)(H,16,17). The molecule has 96 valence electrons. The molecule has 0 saturated carbocycles. The van der Waals surface area contributed by atoms with E-state index in [0.29, 0.717) is 0 Å². The van der Waals surface area contributed by atoms with Gasteiger partial charge in [0.25, 0.3) is 5.91 Å². The number of carboxylic acid groups (broad SMARTS) is 1. The highest BCUT2D eigenvalue weighted by Crippen LogP contribution is 2.04. The van der Waals surface area contributed by atoms with E-state index in [9.17, 15) is 14.4 Å². The molecule has 0 radical (unpaired) electrons. The van der Waals surface area contributed by atoms with Crippen LogP contribution in [0.15, 0.2) is 24.3 Å². The van der Waals surface area contributed by atoms with Crippen LogP contribution >= 0.6 is 0 Å². The molecule has 0 aliphatic heterocycles. The van der Waals surface area contributed by atoms with E-state index in [1.807, 2.05) is 0 Å². The average Bonchev–Trinajstić information content (AvgIpc) is 2.36. The number of amides is 1. The van der Waals surface area contributed by atoms with Crippen molar-refractivity contribution in [2.75, 3.05) is 13.2 Å². The minimum Gasteiger partial charge on any atom is -0.478 e. The van der Waals surface area contributed by atoms with E-state index in [0.717, 1.165) is 0 Å². The molecule has 0 unspecified atom stereocenters. The number of aromatic carboxylic acids is 1. The molecule has 0 aliphatic carbocycles. The van der Waals surface area contributed by atoms with Crippen molar-refractivity contribution in [3.05, 3.63) is 35.4 Å². The van der Waals surface area contributed by atoms with Gasteiger partial charge in [0.1, 0.15) is 6.54 Å². The lowest BCUT2D eigenvalue weighted by atomic mass is 10.1. The summed E-state index contributed by atoms with van der Waals surface area (Å²) in [5, 5.41) is 11.1. The topological polar surface area (TPSA) is 92.7 Å². The lowest BCUT2D eigenvalue weighted by molar-refractivity contribution is -0.141. The van der Waals surface area contributed by atoms with Gasteiger partial charge in [0.05, 0.1) is 12.2 Å². The van der Waals surface area contributed by atoms with Crippen molar-refractivity contribution in [2.24, 2.45) is 0 Å². The van der Waals surface area contributed by atoms with Crippen LogP contribution in [0.3, 0.4) is 0 Å². The summed E-state index contributed by atoms with van der Waals surface area (Å²) in [7, 11) is 0. The Morgan fingerprint density at radius 3 is 2.22 bits per heavy atom. The monoisotopic (exact) mass is 251 g/mol. The van der Waals surface area contributed by atoms with E-state index >= 15 is 0 Å². The molecule has 6 heteroatoms. The van der Waals surface area contributed by atoms with Gasteiger partial charge in [-0.1, -0.05) is 0 Å². The molecule has 1 amide bonds. The Kier molecular flexibility index (Phi) is 4.86. The molecule has 0 spiro atoms. The number of carbonyl (C=O) groups excluding carboxylic acids is 2. The summed E-state index contributed by atoms with van der Waals surface area (Å²) in [5.74, 6) is -2.04. The quantitative estimate of drug-likeness (QED) is 0.750. The van der Waals surface area contributed by atoms with Gasteiger partial charge in [-0.25, -0.2) is 4.79 Å². The zero-order valence-corrected chi connectivity index (χ0v) is 9.80. The summed E-state index contributed by atoms with van der Waals surface area (Å²) >= 11 is 0. The van der Waals surface area contributed by atoms with Crippen LogP contribution in [0.4, 0.5) is 0 Å². The van der Waals surface area contributed by atoms with Crippen LogP contribution in [0.1, 0.15) is 27.6 Å². The molecule has 1 rings (SSSR count). The zero-order chi connectivity index (χ0) is 13.5. The predicted octanol–water partition coefficient (Wildman–Crippen LogP) is 0.678. The van der Waals surface area contributed by atoms with Crippen LogP contribution in [0.2, 0.25) is 0 Å². The first-order chi connectivity index (χ1) is 8.54. The first kappa shape index (κ1) is 13.7. The van der Waals surface area contributed by atoms with Crippen LogP contribution in [-0.4, -0.2) is 36.1 Å². The number of carbonyl (C=O) groups is 3. The molecule has 0 aromatic heterocycles. The third-order valence-electron chi connectivity index (χ3n) is 2.09. The second kappa shape index (κ2) is 6.39. The summed E-state index contributed by atoms with van der Waals surface area (Å²) in [5.41, 5.74) is 0.376. The van der Waals surface area contributed by atoms with Gasteiger partial charge in [-0.15, -0.1) is 0 Å². The van der Waals surface area contributed by atoms with Gasteiger partial charge in [0.2, 0.25) is 0 Å². The number of esters is 1. The van der Waals surface area contributed by atoms with Crippen molar-refractivity contribution >= 4 is 17.8 Å². The maximum atomic E-state index is 11.6. The molecule has 0 aliphatic rings. The molecule has 1 aromatic carbocycles. The highest BCUT2D eigenvalue weighted by molar-refractivity contribution is 5.97. The Morgan fingerprint density at radius 1 is 1.17 bits per heavy atom.